The summed E-state index contributed by atoms with van der Waals surface area (Å²) < 4.78 is 5.23. The molecule has 0 spiro atoms. The fourth-order valence-corrected chi connectivity index (χ4v) is 2.21. The van der Waals surface area contributed by atoms with Crippen molar-refractivity contribution in [1.82, 2.24) is 10.6 Å². The summed E-state index contributed by atoms with van der Waals surface area (Å²) >= 11 is 0. The van der Waals surface area contributed by atoms with Crippen molar-refractivity contribution in [3.05, 3.63) is 0 Å². The first-order chi connectivity index (χ1) is 10.3. The Kier molecular flexibility index (Phi) is 8.04. The molecule has 2 amide bonds. The maximum absolute atomic E-state index is 12.4. The number of alkyl carbamates (subject to hydrolysis) is 1. The molecule has 0 aromatic heterocycles. The highest BCUT2D eigenvalue weighted by atomic mass is 16.6. The Morgan fingerprint density at radius 2 is 1.65 bits per heavy atom. The van der Waals surface area contributed by atoms with E-state index in [1.807, 2.05) is 20.8 Å². The van der Waals surface area contributed by atoms with Gasteiger partial charge in [0.15, 0.2) is 0 Å². The van der Waals surface area contributed by atoms with Crippen molar-refractivity contribution in [3.8, 4) is 0 Å². The van der Waals surface area contributed by atoms with Crippen LogP contribution in [0.3, 0.4) is 0 Å². The van der Waals surface area contributed by atoms with Gasteiger partial charge in [-0.2, -0.15) is 0 Å². The van der Waals surface area contributed by atoms with Crippen molar-refractivity contribution < 1.29 is 19.4 Å². The normalized spacial score (nSPS) is 17.1. The molecule has 0 fully saturated rings. The molecule has 0 aliphatic rings. The molecule has 23 heavy (non-hydrogen) atoms. The molecule has 0 aromatic rings. The summed E-state index contributed by atoms with van der Waals surface area (Å²) in [6.07, 6.45) is 0.00900. The lowest BCUT2D eigenvalue weighted by molar-refractivity contribution is -0.128. The van der Waals surface area contributed by atoms with Gasteiger partial charge in [-0.3, -0.25) is 4.79 Å². The Balaban J connectivity index is 4.77. The molecule has 136 valence electrons. The highest BCUT2D eigenvalue weighted by molar-refractivity contribution is 5.80. The predicted molar refractivity (Wildman–Crippen MR) is 91.1 cm³/mol. The first-order valence-electron chi connectivity index (χ1n) is 8.28. The quantitative estimate of drug-likeness (QED) is 0.669. The second-order valence-corrected chi connectivity index (χ2v) is 7.77. The van der Waals surface area contributed by atoms with Crippen LogP contribution in [0.4, 0.5) is 4.79 Å². The van der Waals surface area contributed by atoms with E-state index >= 15 is 0 Å². The van der Waals surface area contributed by atoms with Gasteiger partial charge in [0.2, 0.25) is 5.91 Å². The molecular weight excluding hydrogens is 296 g/mol. The van der Waals surface area contributed by atoms with E-state index in [2.05, 4.69) is 10.6 Å². The predicted octanol–water partition coefficient (Wildman–Crippen LogP) is 2.45. The van der Waals surface area contributed by atoms with Gasteiger partial charge >= 0.3 is 6.09 Å². The second-order valence-electron chi connectivity index (χ2n) is 7.77. The summed E-state index contributed by atoms with van der Waals surface area (Å²) in [5, 5.41) is 15.5. The van der Waals surface area contributed by atoms with Gasteiger partial charge in [-0.25, -0.2) is 4.79 Å². The molecule has 0 saturated carbocycles. The minimum Gasteiger partial charge on any atom is -0.444 e. The number of amides is 2. The van der Waals surface area contributed by atoms with Crippen LogP contribution < -0.4 is 10.6 Å². The van der Waals surface area contributed by atoms with Crippen LogP contribution >= 0.6 is 0 Å². The lowest BCUT2D eigenvalue weighted by atomic mass is 9.88. The van der Waals surface area contributed by atoms with Gasteiger partial charge in [0.25, 0.3) is 0 Å². The molecule has 0 rings (SSSR count). The molecule has 3 N–H and O–H groups in total. The highest BCUT2D eigenvalue weighted by Gasteiger charge is 2.31. The lowest BCUT2D eigenvalue weighted by Crippen LogP contribution is -2.50. The molecule has 6 nitrogen and oxygen atoms in total. The Bertz CT molecular complexity index is 400. The Morgan fingerprint density at radius 1 is 1.13 bits per heavy atom. The summed E-state index contributed by atoms with van der Waals surface area (Å²) in [5.41, 5.74) is -1.52. The number of hydrogen-bond donors (Lipinski definition) is 3. The number of aliphatic hydroxyl groups is 1. The third kappa shape index (κ3) is 8.79. The van der Waals surface area contributed by atoms with E-state index in [-0.39, 0.29) is 24.4 Å². The molecule has 6 heteroatoms. The summed E-state index contributed by atoms with van der Waals surface area (Å²) in [6.45, 7) is 14.7. The maximum atomic E-state index is 12.4. The van der Waals surface area contributed by atoms with Crippen LogP contribution in [-0.4, -0.2) is 40.9 Å². The van der Waals surface area contributed by atoms with Crippen molar-refractivity contribution in [2.75, 3.05) is 6.54 Å². The lowest BCUT2D eigenvalue weighted by Gasteiger charge is -2.30. The van der Waals surface area contributed by atoms with Crippen LogP contribution in [0.2, 0.25) is 0 Å². The van der Waals surface area contributed by atoms with E-state index in [4.69, 9.17) is 4.74 Å². The first-order valence-corrected chi connectivity index (χ1v) is 8.28. The monoisotopic (exact) mass is 330 g/mol. The number of rotatable bonds is 7. The van der Waals surface area contributed by atoms with Crippen molar-refractivity contribution in [1.29, 1.82) is 0 Å². The van der Waals surface area contributed by atoms with Crippen LogP contribution in [0, 0.1) is 11.8 Å². The standard InChI is InChI=1S/C17H34N2O4/c1-9-17(8,22)10-18-14(20)13(11(2)3)12(4)19-15(21)23-16(5,6)7/h11-13,22H,9-10H2,1-8H3,(H,18,20)(H,19,21). The van der Waals surface area contributed by atoms with Crippen molar-refractivity contribution in [2.24, 2.45) is 11.8 Å². The smallest absolute Gasteiger partial charge is 0.407 e. The largest absolute Gasteiger partial charge is 0.444 e. The van der Waals surface area contributed by atoms with E-state index in [0.29, 0.717) is 6.42 Å². The zero-order valence-electron chi connectivity index (χ0n) is 15.8. The zero-order valence-corrected chi connectivity index (χ0v) is 15.8. The maximum Gasteiger partial charge on any atom is 0.407 e. The van der Waals surface area contributed by atoms with Gasteiger partial charge in [0.05, 0.1) is 11.5 Å². The fraction of sp³-hybridized carbons (Fsp3) is 0.882. The highest BCUT2D eigenvalue weighted by Crippen LogP contribution is 2.17. The third-order valence-corrected chi connectivity index (χ3v) is 3.71. The summed E-state index contributed by atoms with van der Waals surface area (Å²) in [7, 11) is 0. The summed E-state index contributed by atoms with van der Waals surface area (Å²) in [6, 6.07) is -0.378. The van der Waals surface area contributed by atoms with E-state index in [0.717, 1.165) is 0 Å². The molecule has 0 aliphatic carbocycles. The Labute approximate surface area is 140 Å². The molecule has 0 radical (unpaired) electrons. The zero-order chi connectivity index (χ0) is 18.4. The molecule has 0 bridgehead atoms. The van der Waals surface area contributed by atoms with Crippen LogP contribution in [-0.2, 0) is 9.53 Å². The first kappa shape index (κ1) is 21.7. The van der Waals surface area contributed by atoms with E-state index < -0.39 is 23.2 Å². The topological polar surface area (TPSA) is 87.7 Å². The van der Waals surface area contributed by atoms with Gasteiger partial charge < -0.3 is 20.5 Å². The second kappa shape index (κ2) is 8.52. The molecule has 3 unspecified atom stereocenters. The van der Waals surface area contributed by atoms with Crippen molar-refractivity contribution in [3.63, 3.8) is 0 Å². The van der Waals surface area contributed by atoms with Crippen molar-refractivity contribution in [2.45, 2.75) is 79.1 Å². The number of nitrogens with one attached hydrogen (secondary N) is 2. The minimum atomic E-state index is -0.932. The number of carbonyl (C=O) groups is 2. The minimum absolute atomic E-state index is 0.0338. The number of hydrogen-bond acceptors (Lipinski definition) is 4. The third-order valence-electron chi connectivity index (χ3n) is 3.71. The molecule has 3 atom stereocenters. The average molecular weight is 330 g/mol. The SMILES string of the molecule is CCC(C)(O)CNC(=O)C(C(C)C)C(C)NC(=O)OC(C)(C)C. The molecule has 0 aromatic carbocycles. The van der Waals surface area contributed by atoms with Gasteiger partial charge in [-0.1, -0.05) is 20.8 Å². The fourth-order valence-electron chi connectivity index (χ4n) is 2.21. The van der Waals surface area contributed by atoms with E-state index in [1.54, 1.807) is 34.6 Å². The summed E-state index contributed by atoms with van der Waals surface area (Å²) in [4.78, 5) is 24.3. The number of ether oxygens (including phenoxy) is 1. The van der Waals surface area contributed by atoms with E-state index in [1.165, 1.54) is 0 Å². The van der Waals surface area contributed by atoms with Gasteiger partial charge in [-0.05, 0) is 47.0 Å². The Morgan fingerprint density at radius 3 is 2.04 bits per heavy atom. The van der Waals surface area contributed by atoms with E-state index in [9.17, 15) is 14.7 Å². The molecular formula is C17H34N2O4. The van der Waals surface area contributed by atoms with Gasteiger partial charge in [-0.15, -0.1) is 0 Å². The molecule has 0 saturated heterocycles. The number of carbonyl (C=O) groups excluding carboxylic acids is 2. The Hall–Kier alpha value is -1.30. The van der Waals surface area contributed by atoms with Crippen LogP contribution in [0.1, 0.15) is 61.8 Å². The summed E-state index contributed by atoms with van der Waals surface area (Å²) in [5.74, 6) is -0.557. The van der Waals surface area contributed by atoms with Crippen LogP contribution in [0.15, 0.2) is 0 Å². The molecule has 0 heterocycles. The van der Waals surface area contributed by atoms with Crippen LogP contribution in [0.5, 0.6) is 0 Å². The average Bonchev–Trinajstić information content (AvgIpc) is 2.33. The van der Waals surface area contributed by atoms with Crippen molar-refractivity contribution >= 4 is 12.0 Å². The molecule has 0 aliphatic heterocycles. The van der Waals surface area contributed by atoms with Gasteiger partial charge in [0, 0.05) is 12.6 Å². The van der Waals surface area contributed by atoms with Gasteiger partial charge in [0.1, 0.15) is 5.60 Å². The van der Waals surface area contributed by atoms with Crippen LogP contribution in [0.25, 0.3) is 0 Å².